The van der Waals surface area contributed by atoms with Gasteiger partial charge in [0.05, 0.1) is 0 Å². The van der Waals surface area contributed by atoms with Crippen molar-refractivity contribution in [1.82, 2.24) is 10.6 Å². The number of amides is 2. The maximum Gasteiger partial charge on any atom is 0.226 e. The van der Waals surface area contributed by atoms with Gasteiger partial charge < -0.3 is 10.6 Å². The van der Waals surface area contributed by atoms with E-state index in [1.54, 1.807) is 0 Å². The quantitative estimate of drug-likeness (QED) is 0.634. The summed E-state index contributed by atoms with van der Waals surface area (Å²) in [6.07, 6.45) is 1.81. The fraction of sp³-hybridized carbons (Fsp3) is 0.895. The summed E-state index contributed by atoms with van der Waals surface area (Å²) in [5, 5.41) is 6.03. The van der Waals surface area contributed by atoms with E-state index in [2.05, 4.69) is 31.4 Å². The standard InChI is InChI=1S/C19H38N2O2/c1-13(2)18(6,7)16(22)20-12-10-11-15(5)19(8,9)17(23)21-14(3)4/h13-15H,10-12H2,1-9H3,(H,20,22)(H,21,23). The lowest BCUT2D eigenvalue weighted by Crippen LogP contribution is -2.44. The molecule has 4 heteroatoms. The Kier molecular flexibility index (Phi) is 8.30. The van der Waals surface area contributed by atoms with Crippen LogP contribution in [0.15, 0.2) is 0 Å². The van der Waals surface area contributed by atoms with Crippen LogP contribution in [-0.2, 0) is 9.59 Å². The van der Waals surface area contributed by atoms with Crippen LogP contribution in [0.25, 0.3) is 0 Å². The topological polar surface area (TPSA) is 58.2 Å². The van der Waals surface area contributed by atoms with Crippen molar-refractivity contribution in [1.29, 1.82) is 0 Å². The lowest BCUT2D eigenvalue weighted by Gasteiger charge is -2.32. The van der Waals surface area contributed by atoms with Gasteiger partial charge in [-0.15, -0.1) is 0 Å². The molecule has 0 aliphatic carbocycles. The maximum atomic E-state index is 12.3. The minimum absolute atomic E-state index is 0.102. The van der Waals surface area contributed by atoms with Crippen LogP contribution in [0.3, 0.4) is 0 Å². The van der Waals surface area contributed by atoms with Crippen molar-refractivity contribution in [3.8, 4) is 0 Å². The Morgan fingerprint density at radius 3 is 1.83 bits per heavy atom. The summed E-state index contributed by atoms with van der Waals surface area (Å²) >= 11 is 0. The van der Waals surface area contributed by atoms with Crippen molar-refractivity contribution in [2.45, 2.75) is 81.2 Å². The number of hydrogen-bond acceptors (Lipinski definition) is 2. The summed E-state index contributed by atoms with van der Waals surface area (Å²) in [5.74, 6) is 0.776. The third kappa shape index (κ3) is 6.52. The van der Waals surface area contributed by atoms with Crippen LogP contribution in [0.1, 0.15) is 75.2 Å². The molecular weight excluding hydrogens is 288 g/mol. The number of carbonyl (C=O) groups excluding carboxylic acids is 2. The molecule has 0 aromatic heterocycles. The van der Waals surface area contributed by atoms with Crippen LogP contribution in [0, 0.1) is 22.7 Å². The van der Waals surface area contributed by atoms with E-state index in [4.69, 9.17) is 0 Å². The first-order valence-electron chi connectivity index (χ1n) is 8.92. The number of carbonyl (C=O) groups is 2. The molecule has 0 aromatic rings. The van der Waals surface area contributed by atoms with Crippen LogP contribution in [0.5, 0.6) is 0 Å². The number of nitrogens with one attached hydrogen (secondary N) is 2. The van der Waals surface area contributed by atoms with Gasteiger partial charge in [-0.1, -0.05) is 48.5 Å². The van der Waals surface area contributed by atoms with Crippen LogP contribution >= 0.6 is 0 Å². The van der Waals surface area contributed by atoms with Gasteiger partial charge in [0.15, 0.2) is 0 Å². The van der Waals surface area contributed by atoms with E-state index in [0.717, 1.165) is 12.8 Å². The fourth-order valence-corrected chi connectivity index (χ4v) is 2.13. The van der Waals surface area contributed by atoms with Crippen molar-refractivity contribution >= 4 is 11.8 Å². The second-order valence-corrected chi connectivity index (χ2v) is 8.53. The van der Waals surface area contributed by atoms with Gasteiger partial charge in [0.25, 0.3) is 0 Å². The first-order valence-corrected chi connectivity index (χ1v) is 8.92. The van der Waals surface area contributed by atoms with E-state index in [0.29, 0.717) is 12.5 Å². The Morgan fingerprint density at radius 2 is 1.39 bits per heavy atom. The zero-order valence-electron chi connectivity index (χ0n) is 16.7. The Bertz CT molecular complexity index is 398. The van der Waals surface area contributed by atoms with E-state index in [1.807, 2.05) is 41.5 Å². The second-order valence-electron chi connectivity index (χ2n) is 8.53. The largest absolute Gasteiger partial charge is 0.356 e. The zero-order chi connectivity index (χ0) is 18.4. The Morgan fingerprint density at radius 1 is 0.870 bits per heavy atom. The Labute approximate surface area is 143 Å². The fourth-order valence-electron chi connectivity index (χ4n) is 2.13. The van der Waals surface area contributed by atoms with E-state index < -0.39 is 5.41 Å². The summed E-state index contributed by atoms with van der Waals surface area (Å²) in [7, 11) is 0. The first kappa shape index (κ1) is 21.9. The molecule has 4 nitrogen and oxygen atoms in total. The van der Waals surface area contributed by atoms with Crippen LogP contribution in [-0.4, -0.2) is 24.4 Å². The molecular formula is C19H38N2O2. The lowest BCUT2D eigenvalue weighted by molar-refractivity contribution is -0.133. The molecule has 136 valence electrons. The van der Waals surface area contributed by atoms with E-state index in [-0.39, 0.29) is 29.2 Å². The van der Waals surface area contributed by atoms with E-state index in [1.165, 1.54) is 0 Å². The highest BCUT2D eigenvalue weighted by Crippen LogP contribution is 2.30. The Hall–Kier alpha value is -1.06. The average Bonchev–Trinajstić information content (AvgIpc) is 2.41. The molecule has 0 bridgehead atoms. The van der Waals surface area contributed by atoms with E-state index in [9.17, 15) is 9.59 Å². The highest BCUT2D eigenvalue weighted by atomic mass is 16.2. The molecule has 23 heavy (non-hydrogen) atoms. The van der Waals surface area contributed by atoms with Crippen molar-refractivity contribution in [2.24, 2.45) is 22.7 Å². The van der Waals surface area contributed by atoms with Gasteiger partial charge >= 0.3 is 0 Å². The molecule has 0 fully saturated rings. The Balaban J connectivity index is 4.33. The minimum atomic E-state index is -0.397. The van der Waals surface area contributed by atoms with Gasteiger partial charge in [0, 0.05) is 23.4 Å². The maximum absolute atomic E-state index is 12.3. The molecule has 0 aliphatic heterocycles. The van der Waals surface area contributed by atoms with Gasteiger partial charge in [-0.3, -0.25) is 9.59 Å². The number of rotatable bonds is 9. The van der Waals surface area contributed by atoms with Gasteiger partial charge in [0.1, 0.15) is 0 Å². The predicted molar refractivity (Wildman–Crippen MR) is 97.1 cm³/mol. The summed E-state index contributed by atoms with van der Waals surface area (Å²) in [5.41, 5.74) is -0.743. The smallest absolute Gasteiger partial charge is 0.226 e. The van der Waals surface area contributed by atoms with Gasteiger partial charge in [-0.2, -0.15) is 0 Å². The molecule has 0 aromatic carbocycles. The first-order chi connectivity index (χ1) is 10.3. The average molecular weight is 327 g/mol. The summed E-state index contributed by atoms with van der Waals surface area (Å²) < 4.78 is 0. The normalized spacial score (nSPS) is 14.0. The molecule has 2 amide bonds. The van der Waals surface area contributed by atoms with Gasteiger partial charge in [0.2, 0.25) is 11.8 Å². The summed E-state index contributed by atoms with van der Waals surface area (Å²) in [6.45, 7) is 18.8. The third-order valence-corrected chi connectivity index (χ3v) is 5.37. The molecule has 0 heterocycles. The van der Waals surface area contributed by atoms with Crippen molar-refractivity contribution in [3.63, 3.8) is 0 Å². The monoisotopic (exact) mass is 326 g/mol. The van der Waals surface area contributed by atoms with Crippen molar-refractivity contribution in [3.05, 3.63) is 0 Å². The van der Waals surface area contributed by atoms with Crippen molar-refractivity contribution in [2.75, 3.05) is 6.54 Å². The predicted octanol–water partition coefficient (Wildman–Crippen LogP) is 3.75. The molecule has 0 radical (unpaired) electrons. The third-order valence-electron chi connectivity index (χ3n) is 5.37. The molecule has 0 saturated carbocycles. The molecule has 1 atom stereocenters. The van der Waals surface area contributed by atoms with Crippen LogP contribution in [0.2, 0.25) is 0 Å². The van der Waals surface area contributed by atoms with Gasteiger partial charge in [-0.25, -0.2) is 0 Å². The molecule has 0 saturated heterocycles. The zero-order valence-corrected chi connectivity index (χ0v) is 16.7. The van der Waals surface area contributed by atoms with Crippen LogP contribution < -0.4 is 10.6 Å². The SMILES string of the molecule is CC(C)NC(=O)C(C)(C)C(C)CCCNC(=O)C(C)(C)C(C)C. The summed E-state index contributed by atoms with van der Waals surface area (Å²) in [6, 6.07) is 0.159. The second kappa shape index (κ2) is 8.70. The molecule has 0 spiro atoms. The van der Waals surface area contributed by atoms with Crippen LogP contribution in [0.4, 0.5) is 0 Å². The lowest BCUT2D eigenvalue weighted by atomic mass is 9.76. The molecule has 0 rings (SSSR count). The minimum Gasteiger partial charge on any atom is -0.356 e. The highest BCUT2D eigenvalue weighted by molar-refractivity contribution is 5.82. The number of hydrogen-bond donors (Lipinski definition) is 2. The van der Waals surface area contributed by atoms with Gasteiger partial charge in [-0.05, 0) is 38.5 Å². The molecule has 2 N–H and O–H groups in total. The molecule has 0 aliphatic rings. The van der Waals surface area contributed by atoms with Crippen molar-refractivity contribution < 1.29 is 9.59 Å². The van der Waals surface area contributed by atoms with E-state index >= 15 is 0 Å². The summed E-state index contributed by atoms with van der Waals surface area (Å²) in [4.78, 5) is 24.5. The molecule has 1 unspecified atom stereocenters. The highest BCUT2D eigenvalue weighted by Gasteiger charge is 2.34.